The Morgan fingerprint density at radius 2 is 2.18 bits per heavy atom. The lowest BCUT2D eigenvalue weighted by molar-refractivity contribution is 1.25. The zero-order valence-electron chi connectivity index (χ0n) is 6.62. The fourth-order valence-corrected chi connectivity index (χ4v) is 0.651. The van der Waals surface area contributed by atoms with Crippen LogP contribution in [0.4, 0.5) is 0 Å². The average Bonchev–Trinajstić information content (AvgIpc) is 2.05. The lowest BCUT2D eigenvalue weighted by Crippen LogP contribution is -2.02. The van der Waals surface area contributed by atoms with Crippen LogP contribution in [0.5, 0.6) is 0 Å². The van der Waals surface area contributed by atoms with Crippen LogP contribution >= 0.6 is 0 Å². The third-order valence-corrected chi connectivity index (χ3v) is 1.15. The van der Waals surface area contributed by atoms with Crippen LogP contribution in [0.2, 0.25) is 0 Å². The van der Waals surface area contributed by atoms with Crippen LogP contribution in [0.3, 0.4) is 0 Å². The molecule has 0 radical (unpaired) electrons. The zero-order chi connectivity index (χ0) is 8.69. The number of nitrogens with zero attached hydrogens (tertiary/aromatic N) is 1. The summed E-state index contributed by atoms with van der Waals surface area (Å²) in [6, 6.07) is 0. The van der Waals surface area contributed by atoms with E-state index in [4.69, 9.17) is 11.6 Å². The van der Waals surface area contributed by atoms with Crippen molar-refractivity contribution in [3.63, 3.8) is 0 Å². The van der Waals surface area contributed by atoms with Crippen molar-refractivity contribution in [3.8, 4) is 0 Å². The highest BCUT2D eigenvalue weighted by Crippen LogP contribution is 1.98. The van der Waals surface area contributed by atoms with Gasteiger partial charge in [0.2, 0.25) is 0 Å². The van der Waals surface area contributed by atoms with E-state index in [9.17, 15) is 0 Å². The van der Waals surface area contributed by atoms with Gasteiger partial charge in [-0.05, 0) is 13.0 Å². The smallest absolute Gasteiger partial charge is 0.0907 e. The molecule has 0 fully saturated rings. The predicted octanol–water partition coefficient (Wildman–Crippen LogP) is 0.906. The van der Waals surface area contributed by atoms with Crippen molar-refractivity contribution in [2.24, 2.45) is 16.7 Å². The molecule has 0 saturated heterocycles. The quantitative estimate of drug-likeness (QED) is 0.272. The maximum absolute atomic E-state index is 5.31. The Bertz CT molecular complexity index is 211. The van der Waals surface area contributed by atoms with E-state index in [0.717, 1.165) is 5.57 Å². The lowest BCUT2D eigenvalue weighted by atomic mass is 10.1. The van der Waals surface area contributed by atoms with Crippen LogP contribution in [-0.2, 0) is 0 Å². The van der Waals surface area contributed by atoms with E-state index in [1.807, 2.05) is 19.1 Å². The van der Waals surface area contributed by atoms with E-state index < -0.39 is 0 Å². The molecule has 0 unspecified atom stereocenters. The molecule has 0 bridgehead atoms. The molecule has 3 heteroatoms. The second kappa shape index (κ2) is 5.29. The molecule has 60 valence electrons. The molecule has 0 aromatic rings. The Labute approximate surface area is 66.8 Å². The summed E-state index contributed by atoms with van der Waals surface area (Å²) < 4.78 is 0. The van der Waals surface area contributed by atoms with E-state index in [-0.39, 0.29) is 0 Å². The van der Waals surface area contributed by atoms with Gasteiger partial charge in [0.15, 0.2) is 0 Å². The first-order valence-electron chi connectivity index (χ1n) is 3.25. The molecule has 0 aliphatic rings. The van der Waals surface area contributed by atoms with Gasteiger partial charge in [-0.2, -0.15) is 5.10 Å². The first kappa shape index (κ1) is 9.49. The summed E-state index contributed by atoms with van der Waals surface area (Å²) in [6.07, 6.45) is 6.66. The number of hydrazone groups is 1. The lowest BCUT2D eigenvalue weighted by Gasteiger charge is -1.97. The second-order valence-corrected chi connectivity index (χ2v) is 1.84. The summed E-state index contributed by atoms with van der Waals surface area (Å²) in [4.78, 5) is 0. The summed E-state index contributed by atoms with van der Waals surface area (Å²) in [7, 11) is 0. The van der Waals surface area contributed by atoms with Crippen molar-refractivity contribution in [1.82, 2.24) is 0 Å². The van der Waals surface area contributed by atoms with Crippen molar-refractivity contribution < 1.29 is 0 Å². The van der Waals surface area contributed by atoms with Gasteiger partial charge in [-0.25, -0.2) is 0 Å². The van der Waals surface area contributed by atoms with E-state index in [1.54, 1.807) is 6.08 Å². The van der Waals surface area contributed by atoms with Gasteiger partial charge >= 0.3 is 0 Å². The molecule has 3 nitrogen and oxygen atoms in total. The van der Waals surface area contributed by atoms with Gasteiger partial charge in [0.05, 0.1) is 5.71 Å². The van der Waals surface area contributed by atoms with Crippen molar-refractivity contribution in [2.75, 3.05) is 0 Å². The largest absolute Gasteiger partial charge is 0.404 e. The van der Waals surface area contributed by atoms with E-state index in [0.29, 0.717) is 5.71 Å². The van der Waals surface area contributed by atoms with Crippen molar-refractivity contribution in [1.29, 1.82) is 0 Å². The average molecular weight is 151 g/mol. The standard InChI is InChI=1S/C8H13N3/c1-3-5-7(6-9)8(4-2)11-10/h3-6H,2,9-10H2,1H3/b5-3-,7-6-,11-8?. The van der Waals surface area contributed by atoms with Gasteiger partial charge in [0.1, 0.15) is 0 Å². The molecule has 0 aliphatic carbocycles. The van der Waals surface area contributed by atoms with Gasteiger partial charge in [0.25, 0.3) is 0 Å². The molecule has 0 aliphatic heterocycles. The summed E-state index contributed by atoms with van der Waals surface area (Å²) in [6.45, 7) is 5.43. The maximum Gasteiger partial charge on any atom is 0.0907 e. The molecule has 11 heavy (non-hydrogen) atoms. The van der Waals surface area contributed by atoms with Crippen LogP contribution in [0.1, 0.15) is 6.92 Å². The highest BCUT2D eigenvalue weighted by Gasteiger charge is 1.95. The van der Waals surface area contributed by atoms with E-state index in [1.165, 1.54) is 6.20 Å². The Morgan fingerprint density at radius 3 is 2.45 bits per heavy atom. The topological polar surface area (TPSA) is 64.4 Å². The molecule has 0 saturated carbocycles. The fourth-order valence-electron chi connectivity index (χ4n) is 0.651. The third kappa shape index (κ3) is 2.71. The highest BCUT2D eigenvalue weighted by atomic mass is 15.1. The first-order valence-corrected chi connectivity index (χ1v) is 3.25. The fraction of sp³-hybridized carbons (Fsp3) is 0.125. The van der Waals surface area contributed by atoms with Crippen molar-refractivity contribution in [2.45, 2.75) is 6.92 Å². The van der Waals surface area contributed by atoms with E-state index >= 15 is 0 Å². The molecule has 0 heterocycles. The molecule has 0 amide bonds. The molecular weight excluding hydrogens is 138 g/mol. The summed E-state index contributed by atoms with van der Waals surface area (Å²) >= 11 is 0. The predicted molar refractivity (Wildman–Crippen MR) is 48.9 cm³/mol. The monoisotopic (exact) mass is 151 g/mol. The van der Waals surface area contributed by atoms with Gasteiger partial charge in [0, 0.05) is 11.8 Å². The third-order valence-electron chi connectivity index (χ3n) is 1.15. The molecule has 0 rings (SSSR count). The minimum Gasteiger partial charge on any atom is -0.404 e. The van der Waals surface area contributed by atoms with Crippen molar-refractivity contribution in [3.05, 3.63) is 36.6 Å². The number of hydrogen-bond donors (Lipinski definition) is 2. The first-order chi connectivity index (χ1) is 5.29. The number of hydrogen-bond acceptors (Lipinski definition) is 3. The molecular formula is C8H13N3. The van der Waals surface area contributed by atoms with Crippen LogP contribution in [0.25, 0.3) is 0 Å². The maximum atomic E-state index is 5.31. The summed E-state index contributed by atoms with van der Waals surface area (Å²) in [5, 5.41) is 3.50. The second-order valence-electron chi connectivity index (χ2n) is 1.84. The van der Waals surface area contributed by atoms with Crippen LogP contribution < -0.4 is 11.6 Å². The Kier molecular flexibility index (Phi) is 4.56. The normalized spacial score (nSPS) is 13.9. The summed E-state index contributed by atoms with van der Waals surface area (Å²) in [5.74, 6) is 5.08. The van der Waals surface area contributed by atoms with Gasteiger partial charge in [-0.15, -0.1) is 0 Å². The number of allylic oxidation sites excluding steroid dienone is 4. The molecule has 0 aromatic carbocycles. The Balaban J connectivity index is 4.64. The van der Waals surface area contributed by atoms with E-state index in [2.05, 4.69) is 11.7 Å². The molecule has 0 aromatic heterocycles. The molecule has 0 atom stereocenters. The Morgan fingerprint density at radius 1 is 1.55 bits per heavy atom. The van der Waals surface area contributed by atoms with Crippen LogP contribution in [-0.4, -0.2) is 5.71 Å². The zero-order valence-corrected chi connectivity index (χ0v) is 6.62. The van der Waals surface area contributed by atoms with Gasteiger partial charge in [-0.3, -0.25) is 0 Å². The number of rotatable bonds is 3. The Hall–Kier alpha value is -1.51. The van der Waals surface area contributed by atoms with Crippen LogP contribution in [0.15, 0.2) is 41.7 Å². The summed E-state index contributed by atoms with van der Waals surface area (Å²) in [5.41, 5.74) is 6.67. The number of nitrogens with two attached hydrogens (primary N) is 2. The van der Waals surface area contributed by atoms with Crippen molar-refractivity contribution >= 4 is 5.71 Å². The SMILES string of the molecule is C=CC(=NN)C(/C=C\C)=C\N. The van der Waals surface area contributed by atoms with Gasteiger partial charge in [-0.1, -0.05) is 18.7 Å². The minimum atomic E-state index is 0.589. The van der Waals surface area contributed by atoms with Gasteiger partial charge < -0.3 is 11.6 Å². The molecule has 0 spiro atoms. The highest BCUT2D eigenvalue weighted by molar-refractivity contribution is 6.09. The van der Waals surface area contributed by atoms with Crippen LogP contribution in [0, 0.1) is 0 Å². The molecule has 4 N–H and O–H groups in total. The minimum absolute atomic E-state index is 0.589.